The number of aromatic nitrogens is 2. The number of amides is 1. The van der Waals surface area contributed by atoms with Crippen LogP contribution in [0.5, 0.6) is 11.5 Å². The third kappa shape index (κ3) is 4.15. The van der Waals surface area contributed by atoms with Crippen molar-refractivity contribution in [2.24, 2.45) is 0 Å². The molecule has 4 rings (SSSR count). The molecule has 2 aromatic carbocycles. The fourth-order valence-corrected chi connectivity index (χ4v) is 2.86. The molecule has 0 aliphatic carbocycles. The Morgan fingerprint density at radius 1 is 0.926 bits per heavy atom. The Bertz CT molecular complexity index is 1040. The minimum absolute atomic E-state index is 0.0422. The number of carbonyl (C=O) groups excluding carboxylic acids is 1. The van der Waals surface area contributed by atoms with Gasteiger partial charge in [-0.05, 0) is 48.5 Å². The number of nitrogens with zero attached hydrogens (tertiary/aromatic N) is 2. The summed E-state index contributed by atoms with van der Waals surface area (Å²) in [6.07, 6.45) is 4.73. The fraction of sp³-hybridized carbons (Fsp3) is 0.0909. The van der Waals surface area contributed by atoms with Crippen molar-refractivity contribution in [3.05, 3.63) is 91.0 Å². The summed E-state index contributed by atoms with van der Waals surface area (Å²) in [7, 11) is 0. The molecule has 134 valence electrons. The van der Waals surface area contributed by atoms with Gasteiger partial charge in [0.15, 0.2) is 0 Å². The first-order chi connectivity index (χ1) is 13.3. The second kappa shape index (κ2) is 7.74. The third-order valence-corrected chi connectivity index (χ3v) is 4.21. The van der Waals surface area contributed by atoms with Gasteiger partial charge in [-0.3, -0.25) is 4.79 Å². The van der Waals surface area contributed by atoms with Gasteiger partial charge < -0.3 is 14.5 Å². The first-order valence-electron chi connectivity index (χ1n) is 8.82. The lowest BCUT2D eigenvalue weighted by molar-refractivity contribution is -0.116. The average molecular weight is 357 g/mol. The van der Waals surface area contributed by atoms with Gasteiger partial charge in [-0.1, -0.05) is 24.3 Å². The minimum atomic E-state index is -0.0422. The van der Waals surface area contributed by atoms with E-state index in [4.69, 9.17) is 4.74 Å². The number of pyridine rings is 1. The third-order valence-electron chi connectivity index (χ3n) is 4.21. The summed E-state index contributed by atoms with van der Waals surface area (Å²) in [6.45, 7) is 0. The highest BCUT2D eigenvalue weighted by molar-refractivity contribution is 5.90. The second-order valence-electron chi connectivity index (χ2n) is 6.16. The number of ether oxygens (including phenoxy) is 1. The van der Waals surface area contributed by atoms with Crippen molar-refractivity contribution in [2.45, 2.75) is 12.8 Å². The van der Waals surface area contributed by atoms with Gasteiger partial charge in [0.05, 0.1) is 11.7 Å². The van der Waals surface area contributed by atoms with Crippen LogP contribution in [-0.2, 0) is 11.2 Å². The van der Waals surface area contributed by atoms with Crippen LogP contribution < -0.4 is 10.1 Å². The molecule has 0 radical (unpaired) electrons. The zero-order valence-corrected chi connectivity index (χ0v) is 14.7. The number of fused-ring (bicyclic) bond motifs is 1. The molecule has 0 unspecified atom stereocenters. The molecule has 5 nitrogen and oxygen atoms in total. The maximum atomic E-state index is 12.2. The van der Waals surface area contributed by atoms with Crippen molar-refractivity contribution in [1.82, 2.24) is 9.38 Å². The van der Waals surface area contributed by atoms with Gasteiger partial charge in [0.25, 0.3) is 0 Å². The molecule has 0 bridgehead atoms. The highest BCUT2D eigenvalue weighted by Crippen LogP contribution is 2.22. The van der Waals surface area contributed by atoms with Crippen molar-refractivity contribution < 1.29 is 9.53 Å². The number of benzene rings is 2. The number of nitrogens with one attached hydrogen (secondary N) is 1. The van der Waals surface area contributed by atoms with E-state index >= 15 is 0 Å². The van der Waals surface area contributed by atoms with E-state index in [1.807, 2.05) is 89.6 Å². The fourth-order valence-electron chi connectivity index (χ4n) is 2.86. The molecular formula is C22H19N3O2. The quantitative estimate of drug-likeness (QED) is 0.544. The standard InChI is InChI=1S/C22H19N3O2/c26-22(14-13-21-23-16-18-6-4-5-15-25(18)21)24-17-9-11-20(12-10-17)27-19-7-2-1-3-8-19/h1-12,15-16H,13-14H2,(H,24,26). The number of aryl methyl sites for hydroxylation is 1. The molecule has 0 aliphatic rings. The van der Waals surface area contributed by atoms with Crippen molar-refractivity contribution in [2.75, 3.05) is 5.32 Å². The van der Waals surface area contributed by atoms with E-state index in [1.165, 1.54) is 0 Å². The largest absolute Gasteiger partial charge is 0.457 e. The van der Waals surface area contributed by atoms with E-state index < -0.39 is 0 Å². The molecule has 1 amide bonds. The van der Waals surface area contributed by atoms with Gasteiger partial charge in [0.2, 0.25) is 5.91 Å². The van der Waals surface area contributed by atoms with Crippen LogP contribution in [-0.4, -0.2) is 15.3 Å². The minimum Gasteiger partial charge on any atom is -0.457 e. The molecular weight excluding hydrogens is 338 g/mol. The topological polar surface area (TPSA) is 55.6 Å². The molecule has 0 saturated carbocycles. The summed E-state index contributed by atoms with van der Waals surface area (Å²) in [5.41, 5.74) is 1.77. The lowest BCUT2D eigenvalue weighted by Gasteiger charge is -2.08. The van der Waals surface area contributed by atoms with Gasteiger partial charge >= 0.3 is 0 Å². The summed E-state index contributed by atoms with van der Waals surface area (Å²) in [5.74, 6) is 2.34. The Morgan fingerprint density at radius 2 is 1.67 bits per heavy atom. The van der Waals surface area contributed by atoms with Gasteiger partial charge in [0, 0.05) is 24.7 Å². The van der Waals surface area contributed by atoms with Crippen molar-refractivity contribution in [1.29, 1.82) is 0 Å². The molecule has 1 N–H and O–H groups in total. The van der Waals surface area contributed by atoms with Crippen molar-refractivity contribution >= 4 is 17.1 Å². The Kier molecular flexibility index (Phi) is 4.83. The van der Waals surface area contributed by atoms with Crippen LogP contribution in [0, 0.1) is 0 Å². The van der Waals surface area contributed by atoms with E-state index in [-0.39, 0.29) is 5.91 Å². The van der Waals surface area contributed by atoms with E-state index in [0.29, 0.717) is 12.8 Å². The maximum Gasteiger partial charge on any atom is 0.224 e. The van der Waals surface area contributed by atoms with Crippen molar-refractivity contribution in [3.63, 3.8) is 0 Å². The van der Waals surface area contributed by atoms with Crippen LogP contribution in [0.4, 0.5) is 5.69 Å². The number of hydrogen-bond acceptors (Lipinski definition) is 3. The summed E-state index contributed by atoms with van der Waals surface area (Å²) in [4.78, 5) is 16.6. The van der Waals surface area contributed by atoms with Crippen molar-refractivity contribution in [3.8, 4) is 11.5 Å². The molecule has 0 saturated heterocycles. The Hall–Kier alpha value is -3.60. The van der Waals surface area contributed by atoms with Crippen LogP contribution in [0.2, 0.25) is 0 Å². The predicted molar refractivity (Wildman–Crippen MR) is 105 cm³/mol. The zero-order chi connectivity index (χ0) is 18.5. The molecule has 2 aromatic heterocycles. The monoisotopic (exact) mass is 357 g/mol. The van der Waals surface area contributed by atoms with Crippen LogP contribution in [0.1, 0.15) is 12.2 Å². The number of imidazole rings is 1. The normalized spacial score (nSPS) is 10.7. The molecule has 5 heteroatoms. The highest BCUT2D eigenvalue weighted by Gasteiger charge is 2.07. The highest BCUT2D eigenvalue weighted by atomic mass is 16.5. The first kappa shape index (κ1) is 16.8. The van der Waals surface area contributed by atoms with E-state index in [0.717, 1.165) is 28.5 Å². The molecule has 2 heterocycles. The Balaban J connectivity index is 1.33. The zero-order valence-electron chi connectivity index (χ0n) is 14.7. The Labute approximate surface area is 157 Å². The summed E-state index contributed by atoms with van der Waals surface area (Å²) < 4.78 is 7.75. The Morgan fingerprint density at radius 3 is 2.48 bits per heavy atom. The van der Waals surface area contributed by atoms with Gasteiger partial charge in [-0.25, -0.2) is 4.98 Å². The molecule has 0 fully saturated rings. The summed E-state index contributed by atoms with van der Waals surface area (Å²) in [5, 5.41) is 2.91. The maximum absolute atomic E-state index is 12.2. The number of rotatable bonds is 6. The summed E-state index contributed by atoms with van der Waals surface area (Å²) in [6, 6.07) is 22.9. The molecule has 0 spiro atoms. The molecule has 4 aromatic rings. The van der Waals surface area contributed by atoms with Crippen LogP contribution in [0.15, 0.2) is 85.2 Å². The second-order valence-corrected chi connectivity index (χ2v) is 6.16. The summed E-state index contributed by atoms with van der Waals surface area (Å²) >= 11 is 0. The molecule has 27 heavy (non-hydrogen) atoms. The lowest BCUT2D eigenvalue weighted by atomic mass is 10.2. The average Bonchev–Trinajstić information content (AvgIpc) is 3.12. The lowest BCUT2D eigenvalue weighted by Crippen LogP contribution is -2.13. The van der Waals surface area contributed by atoms with Crippen LogP contribution in [0.3, 0.4) is 0 Å². The smallest absolute Gasteiger partial charge is 0.224 e. The number of carbonyl (C=O) groups is 1. The number of anilines is 1. The van der Waals surface area contributed by atoms with Crippen LogP contribution >= 0.6 is 0 Å². The molecule has 0 aliphatic heterocycles. The van der Waals surface area contributed by atoms with E-state index in [1.54, 1.807) is 0 Å². The number of hydrogen-bond donors (Lipinski definition) is 1. The van der Waals surface area contributed by atoms with Gasteiger partial charge in [-0.15, -0.1) is 0 Å². The predicted octanol–water partition coefficient (Wildman–Crippen LogP) is 4.70. The molecule has 0 atom stereocenters. The van der Waals surface area contributed by atoms with E-state index in [2.05, 4.69) is 10.3 Å². The van der Waals surface area contributed by atoms with E-state index in [9.17, 15) is 4.79 Å². The SMILES string of the molecule is O=C(CCc1ncc2ccccn12)Nc1ccc(Oc2ccccc2)cc1. The first-order valence-corrected chi connectivity index (χ1v) is 8.82. The van der Waals surface area contributed by atoms with Gasteiger partial charge in [0.1, 0.15) is 17.3 Å². The van der Waals surface area contributed by atoms with Gasteiger partial charge in [-0.2, -0.15) is 0 Å². The van der Waals surface area contributed by atoms with Crippen LogP contribution in [0.25, 0.3) is 5.52 Å². The number of para-hydroxylation sites is 1.